The molecule has 0 saturated carbocycles. The molecule has 4 rings (SSSR count). The number of sulfonamides is 1. The molecule has 43 heavy (non-hydrogen) atoms. The second-order valence-corrected chi connectivity index (χ2v) is 12.5. The number of nitrogens with one attached hydrogen (secondary N) is 1. The molecule has 0 spiro atoms. The van der Waals surface area contributed by atoms with E-state index in [1.807, 2.05) is 54.6 Å². The highest BCUT2D eigenvalue weighted by atomic mass is 32.2. The maximum atomic E-state index is 13.9. The lowest BCUT2D eigenvalue weighted by Gasteiger charge is -2.32. The smallest absolute Gasteiger partial charge is 0.247 e. The van der Waals surface area contributed by atoms with Gasteiger partial charge in [-0.15, -0.1) is 0 Å². The van der Waals surface area contributed by atoms with E-state index in [2.05, 4.69) is 5.32 Å². The van der Waals surface area contributed by atoms with Crippen LogP contribution in [0.4, 0.5) is 0 Å². The Morgan fingerprint density at radius 1 is 0.907 bits per heavy atom. The third-order valence-electron chi connectivity index (χ3n) is 7.59. The van der Waals surface area contributed by atoms with Gasteiger partial charge in [0.1, 0.15) is 11.8 Å². The fraction of sp³-hybridized carbons (Fsp3) is 0.394. The molecule has 1 aliphatic rings. The lowest BCUT2D eigenvalue weighted by atomic mass is 10.0. The summed E-state index contributed by atoms with van der Waals surface area (Å²) in [4.78, 5) is 29.5. The Bertz CT molecular complexity index is 1420. The molecule has 0 radical (unpaired) electrons. The van der Waals surface area contributed by atoms with Gasteiger partial charge in [-0.3, -0.25) is 9.59 Å². The summed E-state index contributed by atoms with van der Waals surface area (Å²) in [6.45, 7) is 2.26. The molecule has 1 aliphatic heterocycles. The van der Waals surface area contributed by atoms with Crippen LogP contribution < -0.4 is 10.1 Å². The average Bonchev–Trinajstić information content (AvgIpc) is 3.59. The maximum absolute atomic E-state index is 13.9. The van der Waals surface area contributed by atoms with E-state index in [9.17, 15) is 18.0 Å². The summed E-state index contributed by atoms with van der Waals surface area (Å²) in [6, 6.07) is 22.6. The first kappa shape index (κ1) is 32.2. The minimum atomic E-state index is -3.51. The number of hydrogen-bond donors (Lipinski definition) is 1. The average molecular weight is 608 g/mol. The molecule has 3 aromatic rings. The van der Waals surface area contributed by atoms with E-state index < -0.39 is 16.1 Å². The molecule has 2 amide bonds. The van der Waals surface area contributed by atoms with Crippen molar-refractivity contribution in [3.63, 3.8) is 0 Å². The number of carbonyl (C=O) groups excluding carboxylic acids is 2. The van der Waals surface area contributed by atoms with Crippen molar-refractivity contribution in [1.82, 2.24) is 14.5 Å². The summed E-state index contributed by atoms with van der Waals surface area (Å²) >= 11 is 0. The minimum absolute atomic E-state index is 0.147. The van der Waals surface area contributed by atoms with Crippen LogP contribution in [0.1, 0.15) is 48.4 Å². The van der Waals surface area contributed by atoms with Gasteiger partial charge in [0, 0.05) is 46.3 Å². The second-order valence-electron chi connectivity index (χ2n) is 10.6. The van der Waals surface area contributed by atoms with Crippen LogP contribution in [0.3, 0.4) is 0 Å². The highest BCUT2D eigenvalue weighted by Gasteiger charge is 2.31. The van der Waals surface area contributed by atoms with Crippen LogP contribution in [-0.2, 0) is 37.3 Å². The number of ether oxygens (including phenoxy) is 2. The zero-order chi connectivity index (χ0) is 30.7. The van der Waals surface area contributed by atoms with Gasteiger partial charge in [0.25, 0.3) is 0 Å². The molecule has 10 heteroatoms. The van der Waals surface area contributed by atoms with Crippen LogP contribution >= 0.6 is 0 Å². The Hall–Kier alpha value is -3.73. The molecule has 9 nitrogen and oxygen atoms in total. The summed E-state index contributed by atoms with van der Waals surface area (Å²) in [6.07, 6.45) is 2.95. The number of nitrogens with zero attached hydrogens (tertiary/aromatic N) is 2. The molecule has 1 atom stereocenters. The number of amides is 2. The Morgan fingerprint density at radius 2 is 1.56 bits per heavy atom. The van der Waals surface area contributed by atoms with E-state index in [0.717, 1.165) is 24.0 Å². The Labute approximate surface area is 254 Å². The van der Waals surface area contributed by atoms with Crippen molar-refractivity contribution in [2.45, 2.75) is 49.6 Å². The zero-order valence-corrected chi connectivity index (χ0v) is 25.7. The van der Waals surface area contributed by atoms with Gasteiger partial charge in [-0.05, 0) is 66.6 Å². The summed E-state index contributed by atoms with van der Waals surface area (Å²) in [5, 5.41) is 2.98. The largest absolute Gasteiger partial charge is 0.497 e. The van der Waals surface area contributed by atoms with Crippen LogP contribution in [0, 0.1) is 0 Å². The van der Waals surface area contributed by atoms with Crippen LogP contribution in [0.2, 0.25) is 0 Å². The van der Waals surface area contributed by atoms with E-state index in [-0.39, 0.29) is 29.7 Å². The van der Waals surface area contributed by atoms with Crippen molar-refractivity contribution in [1.29, 1.82) is 0 Å². The third kappa shape index (κ3) is 8.65. The SMILES string of the molecule is COCCCNC(=O)C(c1ccccc1)N(Cc1ccc(OC)cc1)C(=O)CCc1ccc(S(=O)(=O)N2CCCC2)cc1. The molecule has 230 valence electrons. The molecular formula is C33H41N3O6S. The van der Waals surface area contributed by atoms with E-state index in [4.69, 9.17) is 9.47 Å². The number of rotatable bonds is 15. The van der Waals surface area contributed by atoms with E-state index in [0.29, 0.717) is 50.4 Å². The highest BCUT2D eigenvalue weighted by Crippen LogP contribution is 2.26. The quantitative estimate of drug-likeness (QED) is 0.258. The summed E-state index contributed by atoms with van der Waals surface area (Å²) in [5.74, 6) is 0.249. The predicted octanol–water partition coefficient (Wildman–Crippen LogP) is 4.34. The second kappa shape index (κ2) is 15.7. The first-order chi connectivity index (χ1) is 20.8. The Balaban J connectivity index is 1.55. The van der Waals surface area contributed by atoms with Crippen molar-refractivity contribution in [2.24, 2.45) is 0 Å². The summed E-state index contributed by atoms with van der Waals surface area (Å²) < 4.78 is 37.8. The molecule has 1 fully saturated rings. The van der Waals surface area contributed by atoms with Gasteiger partial charge < -0.3 is 19.7 Å². The first-order valence-corrected chi connectivity index (χ1v) is 16.1. The van der Waals surface area contributed by atoms with Gasteiger partial charge in [0.15, 0.2) is 0 Å². The van der Waals surface area contributed by atoms with Crippen LogP contribution in [0.15, 0.2) is 83.8 Å². The molecule has 0 bridgehead atoms. The Morgan fingerprint density at radius 3 is 2.19 bits per heavy atom. The van der Waals surface area contributed by atoms with Crippen molar-refractivity contribution in [3.05, 3.63) is 95.6 Å². The minimum Gasteiger partial charge on any atom is -0.497 e. The number of benzene rings is 3. The fourth-order valence-electron chi connectivity index (χ4n) is 5.18. The maximum Gasteiger partial charge on any atom is 0.247 e. The topological polar surface area (TPSA) is 105 Å². The van der Waals surface area contributed by atoms with Crippen LogP contribution in [0.5, 0.6) is 5.75 Å². The zero-order valence-electron chi connectivity index (χ0n) is 24.9. The summed E-state index contributed by atoms with van der Waals surface area (Å²) in [7, 11) is -0.295. The Kier molecular flexibility index (Phi) is 11.7. The lowest BCUT2D eigenvalue weighted by molar-refractivity contribution is -0.141. The molecule has 1 heterocycles. The van der Waals surface area contributed by atoms with Crippen LogP contribution in [0.25, 0.3) is 0 Å². The molecule has 3 aromatic carbocycles. The monoisotopic (exact) mass is 607 g/mol. The lowest BCUT2D eigenvalue weighted by Crippen LogP contribution is -2.43. The van der Waals surface area contributed by atoms with E-state index in [1.54, 1.807) is 43.4 Å². The van der Waals surface area contributed by atoms with E-state index >= 15 is 0 Å². The molecular weight excluding hydrogens is 566 g/mol. The molecule has 1 N–H and O–H groups in total. The van der Waals surface area contributed by atoms with E-state index in [1.165, 1.54) is 4.31 Å². The van der Waals surface area contributed by atoms with Crippen molar-refractivity contribution < 1.29 is 27.5 Å². The van der Waals surface area contributed by atoms with Crippen molar-refractivity contribution in [3.8, 4) is 5.75 Å². The normalized spacial score (nSPS) is 14.3. The number of methoxy groups -OCH3 is 2. The van der Waals surface area contributed by atoms with Crippen molar-refractivity contribution in [2.75, 3.05) is 40.5 Å². The molecule has 0 aliphatic carbocycles. The number of carbonyl (C=O) groups is 2. The number of hydrogen-bond acceptors (Lipinski definition) is 6. The van der Waals surface area contributed by atoms with Gasteiger partial charge in [0.05, 0.1) is 12.0 Å². The molecule has 1 saturated heterocycles. The third-order valence-corrected chi connectivity index (χ3v) is 9.50. The molecule has 0 aromatic heterocycles. The van der Waals surface area contributed by atoms with Crippen LogP contribution in [-0.4, -0.2) is 69.9 Å². The standard InChI is InChI=1S/C33H41N3O6S/c1-41-24-8-21-34-33(38)32(28-9-4-3-5-10-28)36(25-27-11-16-29(42-2)17-12-27)31(37)20-15-26-13-18-30(19-14-26)43(39,40)35-22-6-7-23-35/h3-5,9-14,16-19,32H,6-8,15,20-25H2,1-2H3,(H,34,38). The fourth-order valence-corrected chi connectivity index (χ4v) is 6.70. The predicted molar refractivity (Wildman–Crippen MR) is 165 cm³/mol. The van der Waals surface area contributed by atoms with Gasteiger partial charge in [-0.25, -0.2) is 8.42 Å². The van der Waals surface area contributed by atoms with Crippen molar-refractivity contribution >= 4 is 21.8 Å². The highest BCUT2D eigenvalue weighted by molar-refractivity contribution is 7.89. The van der Waals surface area contributed by atoms with Gasteiger partial charge >= 0.3 is 0 Å². The van der Waals surface area contributed by atoms with Gasteiger partial charge in [-0.1, -0.05) is 54.6 Å². The van der Waals surface area contributed by atoms with Gasteiger partial charge in [0.2, 0.25) is 21.8 Å². The molecule has 1 unspecified atom stereocenters. The summed E-state index contributed by atoms with van der Waals surface area (Å²) in [5.41, 5.74) is 2.42. The first-order valence-electron chi connectivity index (χ1n) is 14.7. The number of aryl methyl sites for hydroxylation is 1. The van der Waals surface area contributed by atoms with Gasteiger partial charge in [-0.2, -0.15) is 4.31 Å².